The van der Waals surface area contributed by atoms with Gasteiger partial charge in [-0.25, -0.2) is 0 Å². The summed E-state index contributed by atoms with van der Waals surface area (Å²) in [6, 6.07) is 3.65. The maximum Gasteiger partial charge on any atom is 0.271 e. The molecule has 0 radical (unpaired) electrons. The smallest absolute Gasteiger partial charge is 0.271 e. The number of hydrogen-bond donors (Lipinski definition) is 2. The summed E-state index contributed by atoms with van der Waals surface area (Å²) >= 11 is 0. The molecule has 0 aliphatic carbocycles. The molecule has 1 heterocycles. The van der Waals surface area contributed by atoms with E-state index >= 15 is 0 Å². The third-order valence-corrected chi connectivity index (χ3v) is 2.38. The third-order valence-electron chi connectivity index (χ3n) is 2.38. The molecular weight excluding hydrogens is 232 g/mol. The van der Waals surface area contributed by atoms with Crippen LogP contribution in [0.2, 0.25) is 0 Å². The summed E-state index contributed by atoms with van der Waals surface area (Å²) in [7, 11) is 1.67. The summed E-state index contributed by atoms with van der Waals surface area (Å²) < 4.78 is 5.00. The maximum absolute atomic E-state index is 11.5. The average molecular weight is 252 g/mol. The largest absolute Gasteiger partial charge is 0.385 e. The number of carbonyl (C=O) groups excluding carboxylic acids is 1. The van der Waals surface area contributed by atoms with E-state index in [2.05, 4.69) is 20.8 Å². The van der Waals surface area contributed by atoms with Crippen LogP contribution < -0.4 is 10.6 Å². The van der Waals surface area contributed by atoms with Gasteiger partial charge < -0.3 is 15.4 Å². The van der Waals surface area contributed by atoms with Crippen molar-refractivity contribution in [1.82, 2.24) is 15.5 Å². The molecule has 0 bridgehead atoms. The van der Waals surface area contributed by atoms with Gasteiger partial charge in [0, 0.05) is 26.3 Å². The molecule has 18 heavy (non-hydrogen) atoms. The minimum atomic E-state index is -0.205. The lowest BCUT2D eigenvalue weighted by Crippen LogP contribution is -2.24. The van der Waals surface area contributed by atoms with Crippen molar-refractivity contribution in [3.8, 4) is 0 Å². The van der Waals surface area contributed by atoms with Crippen LogP contribution in [0.5, 0.6) is 0 Å². The second-order valence-corrected chi connectivity index (χ2v) is 3.99. The Kier molecular flexibility index (Phi) is 6.07. The van der Waals surface area contributed by atoms with Crippen LogP contribution in [-0.4, -0.2) is 42.4 Å². The molecule has 0 saturated heterocycles. The first-order valence-electron chi connectivity index (χ1n) is 6.04. The fourth-order valence-corrected chi connectivity index (χ4v) is 1.40. The first-order chi connectivity index (χ1) is 8.67. The lowest BCUT2D eigenvalue weighted by molar-refractivity contribution is 0.0950. The maximum atomic E-state index is 11.5. The van der Waals surface area contributed by atoms with Crippen LogP contribution in [0.1, 0.15) is 30.8 Å². The molecule has 2 N–H and O–H groups in total. The predicted molar refractivity (Wildman–Crippen MR) is 69.6 cm³/mol. The van der Waals surface area contributed by atoms with Gasteiger partial charge in [0.1, 0.15) is 5.82 Å². The van der Waals surface area contributed by atoms with Crippen molar-refractivity contribution in [1.29, 1.82) is 0 Å². The number of nitrogens with zero attached hydrogens (tertiary/aromatic N) is 2. The van der Waals surface area contributed by atoms with Crippen LogP contribution in [0.4, 0.5) is 5.82 Å². The molecule has 0 fully saturated rings. The fourth-order valence-electron chi connectivity index (χ4n) is 1.40. The lowest BCUT2D eigenvalue weighted by Gasteiger charge is -2.13. The summed E-state index contributed by atoms with van der Waals surface area (Å²) in [5, 5.41) is 13.7. The second-order valence-electron chi connectivity index (χ2n) is 3.99. The zero-order valence-electron chi connectivity index (χ0n) is 11.1. The highest BCUT2D eigenvalue weighted by Crippen LogP contribution is 2.05. The van der Waals surface area contributed by atoms with Crippen LogP contribution in [0.15, 0.2) is 12.1 Å². The number of ether oxygens (including phenoxy) is 1. The minimum Gasteiger partial charge on any atom is -0.385 e. The normalized spacial score (nSPS) is 11.9. The van der Waals surface area contributed by atoms with Crippen molar-refractivity contribution < 1.29 is 9.53 Å². The monoisotopic (exact) mass is 252 g/mol. The minimum absolute atomic E-state index is 0.205. The lowest BCUT2D eigenvalue weighted by atomic mass is 10.2. The van der Waals surface area contributed by atoms with Gasteiger partial charge in [-0.3, -0.25) is 4.79 Å². The summed E-state index contributed by atoms with van der Waals surface area (Å²) in [6.07, 6.45) is 0.885. The van der Waals surface area contributed by atoms with E-state index in [9.17, 15) is 4.79 Å². The molecule has 0 aliphatic heterocycles. The average Bonchev–Trinajstić information content (AvgIpc) is 2.37. The Balaban J connectivity index is 2.52. The van der Waals surface area contributed by atoms with Crippen molar-refractivity contribution >= 4 is 11.7 Å². The van der Waals surface area contributed by atoms with E-state index < -0.39 is 0 Å². The molecule has 1 rings (SSSR count). The number of amides is 1. The number of aromatic nitrogens is 2. The van der Waals surface area contributed by atoms with Crippen LogP contribution >= 0.6 is 0 Å². The molecular formula is C12H20N4O2. The Morgan fingerprint density at radius 2 is 2.22 bits per heavy atom. The molecule has 0 saturated carbocycles. The quantitative estimate of drug-likeness (QED) is 0.759. The van der Waals surface area contributed by atoms with Crippen LogP contribution in [0.25, 0.3) is 0 Å². The molecule has 6 heteroatoms. The topological polar surface area (TPSA) is 76.1 Å². The highest BCUT2D eigenvalue weighted by atomic mass is 16.5. The Hall–Kier alpha value is -1.69. The Bertz CT molecular complexity index is 367. The highest BCUT2D eigenvalue weighted by molar-refractivity contribution is 5.92. The first-order valence-corrected chi connectivity index (χ1v) is 6.04. The number of hydrogen-bond acceptors (Lipinski definition) is 5. The van der Waals surface area contributed by atoms with E-state index in [-0.39, 0.29) is 11.9 Å². The van der Waals surface area contributed by atoms with Gasteiger partial charge in [0.25, 0.3) is 5.91 Å². The first kappa shape index (κ1) is 14.4. The number of methoxy groups -OCH3 is 1. The number of rotatable bonds is 7. The van der Waals surface area contributed by atoms with Gasteiger partial charge in [0.2, 0.25) is 0 Å². The number of carbonyl (C=O) groups is 1. The van der Waals surface area contributed by atoms with Crippen LogP contribution in [-0.2, 0) is 4.74 Å². The zero-order chi connectivity index (χ0) is 13.4. The van der Waals surface area contributed by atoms with Gasteiger partial charge in [-0.2, -0.15) is 0 Å². The predicted octanol–water partition coefficient (Wildman–Crippen LogP) is 1.06. The van der Waals surface area contributed by atoms with Gasteiger partial charge in [-0.15, -0.1) is 10.2 Å². The highest BCUT2D eigenvalue weighted by Gasteiger charge is 2.07. The van der Waals surface area contributed by atoms with Crippen LogP contribution in [0.3, 0.4) is 0 Å². The van der Waals surface area contributed by atoms with Gasteiger partial charge in [-0.1, -0.05) is 0 Å². The van der Waals surface area contributed by atoms with Gasteiger partial charge in [0.15, 0.2) is 5.69 Å². The molecule has 100 valence electrons. The van der Waals surface area contributed by atoms with Gasteiger partial charge in [-0.05, 0) is 32.4 Å². The number of nitrogens with one attached hydrogen (secondary N) is 2. The molecule has 0 aliphatic rings. The molecule has 1 amide bonds. The molecule has 1 aromatic rings. The van der Waals surface area contributed by atoms with Crippen LogP contribution in [0, 0.1) is 0 Å². The fraction of sp³-hybridized carbons (Fsp3) is 0.583. The molecule has 1 atom stereocenters. The van der Waals surface area contributed by atoms with E-state index in [4.69, 9.17) is 4.74 Å². The van der Waals surface area contributed by atoms with Gasteiger partial charge >= 0.3 is 0 Å². The van der Waals surface area contributed by atoms with E-state index in [1.165, 1.54) is 0 Å². The van der Waals surface area contributed by atoms with Crippen molar-refractivity contribution in [2.24, 2.45) is 0 Å². The van der Waals surface area contributed by atoms with E-state index in [1.807, 2.05) is 13.8 Å². The molecule has 1 unspecified atom stereocenters. The Morgan fingerprint density at radius 3 is 2.78 bits per heavy atom. The van der Waals surface area contributed by atoms with Crippen molar-refractivity contribution in [3.63, 3.8) is 0 Å². The summed E-state index contributed by atoms with van der Waals surface area (Å²) in [4.78, 5) is 11.5. The summed E-state index contributed by atoms with van der Waals surface area (Å²) in [5.41, 5.74) is 0.326. The molecule has 1 aromatic heterocycles. The summed E-state index contributed by atoms with van der Waals surface area (Å²) in [5.74, 6) is 0.454. The molecule has 0 aromatic carbocycles. The van der Waals surface area contributed by atoms with Crippen molar-refractivity contribution in [2.45, 2.75) is 26.3 Å². The Morgan fingerprint density at radius 1 is 1.44 bits per heavy atom. The molecule has 6 nitrogen and oxygen atoms in total. The second kappa shape index (κ2) is 7.60. The van der Waals surface area contributed by atoms with E-state index in [1.54, 1.807) is 19.2 Å². The zero-order valence-corrected chi connectivity index (χ0v) is 11.1. The summed E-state index contributed by atoms with van der Waals surface area (Å²) in [6.45, 7) is 5.17. The standard InChI is InChI=1S/C12H20N4O2/c1-4-13-12(17)10-5-6-11(16-15-10)14-9(2)7-8-18-3/h5-6,9H,4,7-8H2,1-3H3,(H,13,17)(H,14,16). The van der Waals surface area contributed by atoms with Crippen molar-refractivity contribution in [3.05, 3.63) is 17.8 Å². The van der Waals surface area contributed by atoms with Crippen molar-refractivity contribution in [2.75, 3.05) is 25.6 Å². The van der Waals surface area contributed by atoms with E-state index in [0.29, 0.717) is 24.7 Å². The SMILES string of the molecule is CCNC(=O)c1ccc(NC(C)CCOC)nn1. The number of anilines is 1. The van der Waals surface area contributed by atoms with E-state index in [0.717, 1.165) is 6.42 Å². The molecule has 0 spiro atoms. The Labute approximate surface area is 107 Å². The third kappa shape index (κ3) is 4.67. The van der Waals surface area contributed by atoms with Gasteiger partial charge in [0.05, 0.1) is 0 Å².